The highest BCUT2D eigenvalue weighted by Crippen LogP contribution is 2.42. The maximum atomic E-state index is 13.5. The van der Waals surface area contributed by atoms with Gasteiger partial charge in [-0.1, -0.05) is 31.9 Å². The summed E-state index contributed by atoms with van der Waals surface area (Å²) in [7, 11) is 1.81. The van der Waals surface area contributed by atoms with E-state index < -0.39 is 0 Å². The van der Waals surface area contributed by atoms with Gasteiger partial charge in [0.2, 0.25) is 0 Å². The Morgan fingerprint density at radius 2 is 2.05 bits per heavy atom. The molecule has 1 atom stereocenters. The van der Waals surface area contributed by atoms with Crippen LogP contribution in [-0.2, 0) is 4.74 Å². The Bertz CT molecular complexity index is 441. The fourth-order valence-corrected chi connectivity index (χ4v) is 3.33. The van der Waals surface area contributed by atoms with E-state index >= 15 is 0 Å². The van der Waals surface area contributed by atoms with E-state index in [4.69, 9.17) is 4.74 Å². The molecule has 20 heavy (non-hydrogen) atoms. The molecule has 0 aliphatic heterocycles. The van der Waals surface area contributed by atoms with Gasteiger partial charge in [0.25, 0.3) is 0 Å². The molecule has 112 valence electrons. The van der Waals surface area contributed by atoms with Gasteiger partial charge in [-0.3, -0.25) is 0 Å². The summed E-state index contributed by atoms with van der Waals surface area (Å²) in [6.07, 6.45) is 5.63. The summed E-state index contributed by atoms with van der Waals surface area (Å²) in [5, 5.41) is 3.62. The van der Waals surface area contributed by atoms with Gasteiger partial charge in [0, 0.05) is 7.11 Å². The molecule has 1 aromatic carbocycles. The number of hydrogen-bond donors (Lipinski definition) is 1. The SMILES string of the molecule is CCCNC(c1ccc(F)c(C)c1)C1(OC)CCCC1. The molecule has 0 radical (unpaired) electrons. The maximum Gasteiger partial charge on any atom is 0.126 e. The van der Waals surface area contributed by atoms with Gasteiger partial charge in [0.1, 0.15) is 5.82 Å². The van der Waals surface area contributed by atoms with Crippen molar-refractivity contribution < 1.29 is 9.13 Å². The van der Waals surface area contributed by atoms with Crippen molar-refractivity contribution in [2.75, 3.05) is 13.7 Å². The molecule has 0 amide bonds. The molecule has 1 aliphatic rings. The van der Waals surface area contributed by atoms with E-state index in [9.17, 15) is 4.39 Å². The smallest absolute Gasteiger partial charge is 0.126 e. The van der Waals surface area contributed by atoms with Crippen LogP contribution in [0.25, 0.3) is 0 Å². The fourth-order valence-electron chi connectivity index (χ4n) is 3.33. The fraction of sp³-hybridized carbons (Fsp3) is 0.647. The van der Waals surface area contributed by atoms with Crippen LogP contribution in [0.2, 0.25) is 0 Å². The van der Waals surface area contributed by atoms with Crippen molar-refractivity contribution in [1.29, 1.82) is 0 Å². The summed E-state index contributed by atoms with van der Waals surface area (Å²) >= 11 is 0. The molecular weight excluding hydrogens is 253 g/mol. The van der Waals surface area contributed by atoms with Crippen LogP contribution in [0.5, 0.6) is 0 Å². The topological polar surface area (TPSA) is 21.3 Å². The minimum Gasteiger partial charge on any atom is -0.376 e. The number of rotatable bonds is 6. The van der Waals surface area contributed by atoms with Crippen molar-refractivity contribution in [3.05, 3.63) is 35.1 Å². The van der Waals surface area contributed by atoms with E-state index in [1.807, 2.05) is 26.2 Å². The van der Waals surface area contributed by atoms with Gasteiger partial charge in [0.15, 0.2) is 0 Å². The molecule has 0 bridgehead atoms. The average Bonchev–Trinajstić information content (AvgIpc) is 2.93. The van der Waals surface area contributed by atoms with Gasteiger partial charge in [-0.05, 0) is 49.9 Å². The van der Waals surface area contributed by atoms with E-state index in [1.54, 1.807) is 6.07 Å². The molecule has 0 heterocycles. The van der Waals surface area contributed by atoms with E-state index in [2.05, 4.69) is 12.2 Å². The Morgan fingerprint density at radius 3 is 2.60 bits per heavy atom. The van der Waals surface area contributed by atoms with Crippen molar-refractivity contribution in [3.63, 3.8) is 0 Å². The molecular formula is C17H26FNO. The Hall–Kier alpha value is -0.930. The minimum atomic E-state index is -0.139. The van der Waals surface area contributed by atoms with Crippen LogP contribution in [0.15, 0.2) is 18.2 Å². The van der Waals surface area contributed by atoms with E-state index in [-0.39, 0.29) is 17.5 Å². The minimum absolute atomic E-state index is 0.138. The standard InChI is InChI=1S/C17H26FNO/c1-4-11-19-16(17(20-3)9-5-6-10-17)14-7-8-15(18)13(2)12-14/h7-8,12,16,19H,4-6,9-11H2,1-3H3. The zero-order valence-corrected chi connectivity index (χ0v) is 12.8. The predicted molar refractivity (Wildman–Crippen MR) is 80.4 cm³/mol. The quantitative estimate of drug-likeness (QED) is 0.845. The molecule has 2 rings (SSSR count). The van der Waals surface area contributed by atoms with E-state index in [1.165, 1.54) is 12.8 Å². The second-order valence-electron chi connectivity index (χ2n) is 5.87. The number of methoxy groups -OCH3 is 1. The van der Waals surface area contributed by atoms with E-state index in [0.29, 0.717) is 5.56 Å². The lowest BCUT2D eigenvalue weighted by molar-refractivity contribution is -0.0367. The molecule has 1 saturated carbocycles. The maximum absolute atomic E-state index is 13.5. The number of halogens is 1. The molecule has 1 unspecified atom stereocenters. The summed E-state index contributed by atoms with van der Waals surface area (Å²) in [4.78, 5) is 0. The Kier molecular flexibility index (Phi) is 5.17. The Balaban J connectivity index is 2.32. The summed E-state index contributed by atoms with van der Waals surface area (Å²) in [6.45, 7) is 4.93. The van der Waals surface area contributed by atoms with Gasteiger partial charge >= 0.3 is 0 Å². The van der Waals surface area contributed by atoms with Crippen molar-refractivity contribution in [2.24, 2.45) is 0 Å². The van der Waals surface area contributed by atoms with Gasteiger partial charge in [0.05, 0.1) is 11.6 Å². The molecule has 2 nitrogen and oxygen atoms in total. The first-order chi connectivity index (χ1) is 9.63. The highest BCUT2D eigenvalue weighted by molar-refractivity contribution is 5.29. The molecule has 0 saturated heterocycles. The summed E-state index contributed by atoms with van der Waals surface area (Å²) < 4.78 is 19.4. The average molecular weight is 279 g/mol. The second kappa shape index (κ2) is 6.68. The zero-order valence-electron chi connectivity index (χ0n) is 12.8. The summed E-state index contributed by atoms with van der Waals surface area (Å²) in [5.74, 6) is -0.138. The molecule has 3 heteroatoms. The van der Waals surface area contributed by atoms with Gasteiger partial charge in [-0.2, -0.15) is 0 Å². The number of hydrogen-bond acceptors (Lipinski definition) is 2. The summed E-state index contributed by atoms with van der Waals surface area (Å²) in [6, 6.07) is 5.58. The van der Waals surface area contributed by atoms with Crippen LogP contribution in [0.3, 0.4) is 0 Å². The first-order valence-corrected chi connectivity index (χ1v) is 7.67. The number of aryl methyl sites for hydroxylation is 1. The lowest BCUT2D eigenvalue weighted by atomic mass is 9.86. The Morgan fingerprint density at radius 1 is 1.35 bits per heavy atom. The van der Waals surface area contributed by atoms with Crippen LogP contribution >= 0.6 is 0 Å². The third-order valence-electron chi connectivity index (χ3n) is 4.50. The highest BCUT2D eigenvalue weighted by atomic mass is 19.1. The van der Waals surface area contributed by atoms with Crippen LogP contribution in [0, 0.1) is 12.7 Å². The summed E-state index contributed by atoms with van der Waals surface area (Å²) in [5.41, 5.74) is 1.70. The number of nitrogens with one attached hydrogen (secondary N) is 1. The van der Waals surface area contributed by atoms with Crippen molar-refractivity contribution in [3.8, 4) is 0 Å². The largest absolute Gasteiger partial charge is 0.376 e. The van der Waals surface area contributed by atoms with Crippen LogP contribution in [-0.4, -0.2) is 19.3 Å². The van der Waals surface area contributed by atoms with E-state index in [0.717, 1.165) is 31.4 Å². The third kappa shape index (κ3) is 3.04. The van der Waals surface area contributed by atoms with Gasteiger partial charge in [-0.15, -0.1) is 0 Å². The second-order valence-corrected chi connectivity index (χ2v) is 5.87. The molecule has 1 aromatic rings. The molecule has 0 spiro atoms. The van der Waals surface area contributed by atoms with Crippen LogP contribution in [0.4, 0.5) is 4.39 Å². The normalized spacial score (nSPS) is 19.2. The molecule has 1 fully saturated rings. The van der Waals surface area contributed by atoms with Crippen molar-refractivity contribution in [1.82, 2.24) is 5.32 Å². The predicted octanol–water partition coefficient (Wildman–Crippen LogP) is 4.13. The first-order valence-electron chi connectivity index (χ1n) is 7.67. The number of benzene rings is 1. The van der Waals surface area contributed by atoms with Crippen molar-refractivity contribution in [2.45, 2.75) is 57.6 Å². The Labute approximate surface area is 121 Å². The zero-order chi connectivity index (χ0) is 14.6. The van der Waals surface area contributed by atoms with Crippen LogP contribution in [0.1, 0.15) is 56.2 Å². The van der Waals surface area contributed by atoms with Gasteiger partial charge in [-0.25, -0.2) is 4.39 Å². The monoisotopic (exact) mass is 279 g/mol. The third-order valence-corrected chi connectivity index (χ3v) is 4.50. The molecule has 1 N–H and O–H groups in total. The lowest BCUT2D eigenvalue weighted by Crippen LogP contribution is -2.44. The molecule has 0 aromatic heterocycles. The number of ether oxygens (including phenoxy) is 1. The van der Waals surface area contributed by atoms with Crippen LogP contribution < -0.4 is 5.32 Å². The van der Waals surface area contributed by atoms with Gasteiger partial charge < -0.3 is 10.1 Å². The molecule has 1 aliphatic carbocycles. The lowest BCUT2D eigenvalue weighted by Gasteiger charge is -2.37. The first kappa shape index (κ1) is 15.5. The van der Waals surface area contributed by atoms with Crippen molar-refractivity contribution >= 4 is 0 Å². The highest BCUT2D eigenvalue weighted by Gasteiger charge is 2.42.